The van der Waals surface area contributed by atoms with Crippen molar-refractivity contribution in [3.8, 4) is 0 Å². The van der Waals surface area contributed by atoms with E-state index < -0.39 is 9.84 Å². The zero-order valence-corrected chi connectivity index (χ0v) is 8.42. The highest BCUT2D eigenvalue weighted by Gasteiger charge is 2.39. The third-order valence-electron chi connectivity index (χ3n) is 2.59. The lowest BCUT2D eigenvalue weighted by Gasteiger charge is -2.13. The van der Waals surface area contributed by atoms with Gasteiger partial charge in [0.05, 0.1) is 29.8 Å². The topological polar surface area (TPSA) is 55.9 Å². The Hall–Kier alpha value is -0.130. The number of rotatable bonds is 3. The molecule has 0 N–H and O–H groups in total. The molecule has 0 bridgehead atoms. The summed E-state index contributed by atoms with van der Waals surface area (Å²) in [7, 11) is -3.00. The summed E-state index contributed by atoms with van der Waals surface area (Å²) in [5.74, 6) is 0.172. The number of sulfone groups is 1. The number of epoxide rings is 1. The van der Waals surface area contributed by atoms with Gasteiger partial charge < -0.3 is 9.47 Å². The maximum atomic E-state index is 11.7. The van der Waals surface area contributed by atoms with Gasteiger partial charge in [0, 0.05) is 6.61 Å². The molecule has 2 aliphatic heterocycles. The van der Waals surface area contributed by atoms with Gasteiger partial charge in [0.15, 0.2) is 9.84 Å². The number of hydrogen-bond acceptors (Lipinski definition) is 4. The molecule has 5 heteroatoms. The molecule has 0 radical (unpaired) electrons. The van der Waals surface area contributed by atoms with Crippen molar-refractivity contribution in [2.45, 2.75) is 30.8 Å². The lowest BCUT2D eigenvalue weighted by molar-refractivity contribution is 0.126. The van der Waals surface area contributed by atoms with Gasteiger partial charge in [-0.15, -0.1) is 0 Å². The van der Waals surface area contributed by atoms with Crippen LogP contribution in [0, 0.1) is 0 Å². The van der Waals surface area contributed by atoms with Crippen molar-refractivity contribution in [2.24, 2.45) is 0 Å². The Labute approximate surface area is 78.1 Å². The molecule has 0 spiro atoms. The van der Waals surface area contributed by atoms with Crippen LogP contribution in [0.4, 0.5) is 0 Å². The predicted octanol–water partition coefficient (Wildman–Crippen LogP) is -0.0226. The fraction of sp³-hybridized carbons (Fsp3) is 1.00. The lowest BCUT2D eigenvalue weighted by atomic mass is 10.3. The van der Waals surface area contributed by atoms with Crippen LogP contribution >= 0.6 is 0 Å². The predicted molar refractivity (Wildman–Crippen MR) is 47.3 cm³/mol. The summed E-state index contributed by atoms with van der Waals surface area (Å²) in [4.78, 5) is 0. The molecule has 0 aromatic rings. The largest absolute Gasteiger partial charge is 0.377 e. The van der Waals surface area contributed by atoms with E-state index in [0.717, 1.165) is 0 Å². The molecule has 2 unspecified atom stereocenters. The second-order valence-electron chi connectivity index (χ2n) is 3.69. The smallest absolute Gasteiger partial charge is 0.158 e. The fourth-order valence-electron chi connectivity index (χ4n) is 1.73. The number of ether oxygens (including phenoxy) is 2. The van der Waals surface area contributed by atoms with Gasteiger partial charge in [-0.1, -0.05) is 0 Å². The molecule has 2 heterocycles. The molecule has 0 amide bonds. The maximum absolute atomic E-state index is 11.7. The van der Waals surface area contributed by atoms with E-state index in [1.54, 1.807) is 0 Å². The first-order valence-electron chi connectivity index (χ1n) is 4.54. The highest BCUT2D eigenvalue weighted by atomic mass is 32.2. The maximum Gasteiger partial charge on any atom is 0.158 e. The van der Waals surface area contributed by atoms with Gasteiger partial charge in [0.2, 0.25) is 0 Å². The van der Waals surface area contributed by atoms with Crippen molar-refractivity contribution in [1.29, 1.82) is 0 Å². The molecule has 0 saturated carbocycles. The van der Waals surface area contributed by atoms with Crippen molar-refractivity contribution >= 4 is 9.84 Å². The Morgan fingerprint density at radius 1 is 1.38 bits per heavy atom. The molecular weight excluding hydrogens is 192 g/mol. The van der Waals surface area contributed by atoms with Crippen molar-refractivity contribution < 1.29 is 17.9 Å². The molecule has 0 aromatic heterocycles. The second-order valence-corrected chi connectivity index (χ2v) is 5.95. The molecule has 2 rings (SSSR count). The Bertz CT molecular complexity index is 281. The van der Waals surface area contributed by atoms with Crippen LogP contribution in [-0.4, -0.2) is 44.8 Å². The molecule has 0 aromatic carbocycles. The Morgan fingerprint density at radius 2 is 2.08 bits per heavy atom. The SMILES string of the molecule is CC1OCCC1S(=O)(=O)C[C@@H]1CO1. The monoisotopic (exact) mass is 206 g/mol. The zero-order valence-electron chi connectivity index (χ0n) is 7.60. The highest BCUT2D eigenvalue weighted by Crippen LogP contribution is 2.24. The first-order valence-corrected chi connectivity index (χ1v) is 6.26. The number of hydrogen-bond donors (Lipinski definition) is 0. The van der Waals surface area contributed by atoms with Crippen LogP contribution in [0.15, 0.2) is 0 Å². The summed E-state index contributed by atoms with van der Waals surface area (Å²) in [5.41, 5.74) is 0. The molecule has 76 valence electrons. The summed E-state index contributed by atoms with van der Waals surface area (Å²) in [6.45, 7) is 2.99. The average molecular weight is 206 g/mol. The van der Waals surface area contributed by atoms with E-state index in [0.29, 0.717) is 19.6 Å². The van der Waals surface area contributed by atoms with Crippen molar-refractivity contribution in [1.82, 2.24) is 0 Å². The fourth-order valence-corrected chi connectivity index (χ4v) is 3.81. The van der Waals surface area contributed by atoms with Crippen LogP contribution in [0.2, 0.25) is 0 Å². The summed E-state index contributed by atoms with van der Waals surface area (Å²) < 4.78 is 33.6. The average Bonchev–Trinajstić information content (AvgIpc) is 2.69. The summed E-state index contributed by atoms with van der Waals surface area (Å²) in [5, 5.41) is -0.309. The summed E-state index contributed by atoms with van der Waals surface area (Å²) in [6.07, 6.45) is 0.442. The minimum absolute atomic E-state index is 0.0437. The van der Waals surface area contributed by atoms with E-state index in [1.807, 2.05) is 6.92 Å². The van der Waals surface area contributed by atoms with Crippen LogP contribution in [0.3, 0.4) is 0 Å². The molecule has 2 saturated heterocycles. The van der Waals surface area contributed by atoms with Gasteiger partial charge in [0.25, 0.3) is 0 Å². The highest BCUT2D eigenvalue weighted by molar-refractivity contribution is 7.92. The molecule has 0 aliphatic carbocycles. The molecular formula is C8H14O4S. The van der Waals surface area contributed by atoms with Gasteiger partial charge in [-0.3, -0.25) is 0 Å². The molecule has 4 nitrogen and oxygen atoms in total. The minimum atomic E-state index is -3.00. The third kappa shape index (κ3) is 2.03. The van der Waals surface area contributed by atoms with Crippen molar-refractivity contribution in [3.63, 3.8) is 0 Å². The van der Waals surface area contributed by atoms with E-state index in [-0.39, 0.29) is 23.2 Å². The van der Waals surface area contributed by atoms with E-state index in [2.05, 4.69) is 0 Å². The van der Waals surface area contributed by atoms with E-state index in [1.165, 1.54) is 0 Å². The van der Waals surface area contributed by atoms with Gasteiger partial charge in [-0.2, -0.15) is 0 Å². The van der Waals surface area contributed by atoms with Crippen LogP contribution in [0.1, 0.15) is 13.3 Å². The first-order chi connectivity index (χ1) is 6.09. The third-order valence-corrected chi connectivity index (χ3v) is 4.97. The van der Waals surface area contributed by atoms with Crippen molar-refractivity contribution in [2.75, 3.05) is 19.0 Å². The lowest BCUT2D eigenvalue weighted by Crippen LogP contribution is -2.31. The van der Waals surface area contributed by atoms with Gasteiger partial charge in [0.1, 0.15) is 0 Å². The summed E-state index contributed by atoms with van der Waals surface area (Å²) in [6, 6.07) is 0. The summed E-state index contributed by atoms with van der Waals surface area (Å²) >= 11 is 0. The van der Waals surface area contributed by atoms with Gasteiger partial charge >= 0.3 is 0 Å². The molecule has 3 atom stereocenters. The van der Waals surface area contributed by atoms with Crippen molar-refractivity contribution in [3.05, 3.63) is 0 Å². The van der Waals surface area contributed by atoms with Gasteiger partial charge in [-0.05, 0) is 13.3 Å². The normalized spacial score (nSPS) is 39.3. The standard InChI is InChI=1S/C8H14O4S/c1-6-8(2-3-11-6)13(9,10)5-7-4-12-7/h6-8H,2-5H2,1H3/t6?,7-,8?/m0/s1. The van der Waals surface area contributed by atoms with E-state index in [9.17, 15) is 8.42 Å². The molecule has 2 aliphatic rings. The Morgan fingerprint density at radius 3 is 2.54 bits per heavy atom. The van der Waals surface area contributed by atoms with E-state index in [4.69, 9.17) is 9.47 Å². The van der Waals surface area contributed by atoms with Crippen LogP contribution in [-0.2, 0) is 19.3 Å². The quantitative estimate of drug-likeness (QED) is 0.609. The molecule has 2 fully saturated rings. The second kappa shape index (κ2) is 3.22. The van der Waals surface area contributed by atoms with Crippen LogP contribution in [0.5, 0.6) is 0 Å². The Balaban J connectivity index is 2.03. The van der Waals surface area contributed by atoms with Crippen LogP contribution < -0.4 is 0 Å². The zero-order chi connectivity index (χ0) is 9.47. The van der Waals surface area contributed by atoms with Crippen LogP contribution in [0.25, 0.3) is 0 Å². The Kier molecular flexibility index (Phi) is 2.33. The molecule has 13 heavy (non-hydrogen) atoms. The first kappa shape index (κ1) is 9.43. The minimum Gasteiger partial charge on any atom is -0.377 e. The van der Waals surface area contributed by atoms with E-state index >= 15 is 0 Å². The van der Waals surface area contributed by atoms with Gasteiger partial charge in [-0.25, -0.2) is 8.42 Å².